The van der Waals surface area contributed by atoms with Crippen LogP contribution in [0.3, 0.4) is 0 Å². The van der Waals surface area contributed by atoms with Crippen LogP contribution >= 0.6 is 27.5 Å². The number of nitrogens with zero attached hydrogens (tertiary/aromatic N) is 1. The normalized spacial score (nSPS) is 14.2. The Morgan fingerprint density at radius 2 is 1.81 bits per heavy atom. The lowest BCUT2D eigenvalue weighted by Gasteiger charge is -2.33. The molecule has 112 valence electrons. The number of benzene rings is 2. The lowest BCUT2D eigenvalue weighted by atomic mass is 10.0. The second kappa shape index (κ2) is 7.41. The van der Waals surface area contributed by atoms with E-state index in [-0.39, 0.29) is 12.1 Å². The van der Waals surface area contributed by atoms with Crippen molar-refractivity contribution in [3.05, 3.63) is 69.2 Å². The summed E-state index contributed by atoms with van der Waals surface area (Å²) in [5.74, 6) is 0. The van der Waals surface area contributed by atoms with Gasteiger partial charge in [0.25, 0.3) is 0 Å². The molecule has 0 heterocycles. The van der Waals surface area contributed by atoms with Crippen molar-refractivity contribution < 1.29 is 0 Å². The molecule has 2 aromatic carbocycles. The standard InChI is InChI=1S/C17H20BrClN2/c1-12(13-6-8-16(19)9-7-13)21(2)17(11-20)14-4-3-5-15(18)10-14/h3-10,12,17H,11,20H2,1-2H3. The van der Waals surface area contributed by atoms with Gasteiger partial charge in [0, 0.05) is 28.1 Å². The summed E-state index contributed by atoms with van der Waals surface area (Å²) in [6, 6.07) is 16.7. The highest BCUT2D eigenvalue weighted by molar-refractivity contribution is 9.10. The Morgan fingerprint density at radius 3 is 2.38 bits per heavy atom. The zero-order valence-corrected chi connectivity index (χ0v) is 14.6. The van der Waals surface area contributed by atoms with E-state index in [1.54, 1.807) is 0 Å². The van der Waals surface area contributed by atoms with Crippen LogP contribution in [0.5, 0.6) is 0 Å². The summed E-state index contributed by atoms with van der Waals surface area (Å²) in [5, 5.41) is 0.760. The summed E-state index contributed by atoms with van der Waals surface area (Å²) in [5.41, 5.74) is 8.47. The van der Waals surface area contributed by atoms with Crippen molar-refractivity contribution in [3.8, 4) is 0 Å². The van der Waals surface area contributed by atoms with Gasteiger partial charge in [0.2, 0.25) is 0 Å². The van der Waals surface area contributed by atoms with Gasteiger partial charge in [-0.05, 0) is 49.4 Å². The first-order valence-corrected chi connectivity index (χ1v) is 8.13. The van der Waals surface area contributed by atoms with Gasteiger partial charge in [-0.3, -0.25) is 4.90 Å². The first-order chi connectivity index (χ1) is 10.0. The van der Waals surface area contributed by atoms with Gasteiger partial charge in [0.15, 0.2) is 0 Å². The molecule has 4 heteroatoms. The molecule has 0 bridgehead atoms. The molecule has 0 spiro atoms. The average molecular weight is 368 g/mol. The van der Waals surface area contributed by atoms with E-state index in [0.717, 1.165) is 9.50 Å². The maximum atomic E-state index is 6.02. The summed E-state index contributed by atoms with van der Waals surface area (Å²) in [7, 11) is 2.11. The van der Waals surface area contributed by atoms with Crippen LogP contribution in [0.25, 0.3) is 0 Å². The van der Waals surface area contributed by atoms with Crippen molar-refractivity contribution >= 4 is 27.5 Å². The van der Waals surface area contributed by atoms with Crippen molar-refractivity contribution in [1.29, 1.82) is 0 Å². The van der Waals surface area contributed by atoms with Crippen LogP contribution in [0.2, 0.25) is 5.02 Å². The Balaban J connectivity index is 2.23. The second-order valence-corrected chi connectivity index (χ2v) is 6.55. The third kappa shape index (κ3) is 4.07. The quantitative estimate of drug-likeness (QED) is 0.823. The summed E-state index contributed by atoms with van der Waals surface area (Å²) in [4.78, 5) is 2.30. The molecule has 0 aliphatic carbocycles. The Kier molecular flexibility index (Phi) is 5.82. The Bertz CT molecular complexity index is 586. The molecule has 0 saturated carbocycles. The molecule has 21 heavy (non-hydrogen) atoms. The molecule has 0 amide bonds. The van der Waals surface area contributed by atoms with Crippen molar-refractivity contribution in [2.75, 3.05) is 13.6 Å². The molecule has 0 fully saturated rings. The van der Waals surface area contributed by atoms with Crippen molar-refractivity contribution in [2.45, 2.75) is 19.0 Å². The highest BCUT2D eigenvalue weighted by Gasteiger charge is 2.21. The zero-order chi connectivity index (χ0) is 15.4. The molecular formula is C17H20BrClN2. The van der Waals surface area contributed by atoms with Gasteiger partial charge in [0.05, 0.1) is 0 Å². The van der Waals surface area contributed by atoms with Crippen molar-refractivity contribution in [3.63, 3.8) is 0 Å². The number of likely N-dealkylation sites (N-methyl/N-ethyl adjacent to an activating group) is 1. The lowest BCUT2D eigenvalue weighted by molar-refractivity contribution is 0.190. The molecule has 0 aliphatic heterocycles. The SMILES string of the molecule is CC(c1ccc(Cl)cc1)N(C)C(CN)c1cccc(Br)c1. The van der Waals surface area contributed by atoms with Crippen LogP contribution in [-0.4, -0.2) is 18.5 Å². The van der Waals surface area contributed by atoms with Crippen LogP contribution in [0.1, 0.15) is 30.1 Å². The van der Waals surface area contributed by atoms with E-state index in [1.165, 1.54) is 11.1 Å². The van der Waals surface area contributed by atoms with E-state index in [4.69, 9.17) is 17.3 Å². The molecule has 0 aromatic heterocycles. The number of hydrogen-bond donors (Lipinski definition) is 1. The largest absolute Gasteiger partial charge is 0.329 e. The maximum Gasteiger partial charge on any atom is 0.0473 e. The third-order valence-corrected chi connectivity index (χ3v) is 4.66. The Labute approximate surface area is 140 Å². The van der Waals surface area contributed by atoms with E-state index in [2.05, 4.69) is 59.1 Å². The van der Waals surface area contributed by atoms with E-state index in [1.807, 2.05) is 24.3 Å². The Hall–Kier alpha value is -0.870. The fraction of sp³-hybridized carbons (Fsp3) is 0.294. The average Bonchev–Trinajstić information content (AvgIpc) is 2.48. The fourth-order valence-electron chi connectivity index (χ4n) is 2.50. The van der Waals surface area contributed by atoms with Crippen LogP contribution in [0, 0.1) is 0 Å². The fourth-order valence-corrected chi connectivity index (χ4v) is 3.04. The molecule has 2 atom stereocenters. The minimum atomic E-state index is 0.174. The summed E-state index contributed by atoms with van der Waals surface area (Å²) in [6.45, 7) is 2.76. The highest BCUT2D eigenvalue weighted by Crippen LogP contribution is 2.29. The first-order valence-electron chi connectivity index (χ1n) is 6.96. The van der Waals surface area contributed by atoms with Crippen LogP contribution < -0.4 is 5.73 Å². The van der Waals surface area contributed by atoms with Gasteiger partial charge in [0.1, 0.15) is 0 Å². The minimum absolute atomic E-state index is 0.174. The molecule has 2 rings (SSSR count). The number of hydrogen-bond acceptors (Lipinski definition) is 2. The van der Waals surface area contributed by atoms with E-state index < -0.39 is 0 Å². The van der Waals surface area contributed by atoms with Gasteiger partial charge < -0.3 is 5.73 Å². The number of halogens is 2. The van der Waals surface area contributed by atoms with Gasteiger partial charge in [-0.2, -0.15) is 0 Å². The van der Waals surface area contributed by atoms with Gasteiger partial charge in [-0.15, -0.1) is 0 Å². The van der Waals surface area contributed by atoms with E-state index in [9.17, 15) is 0 Å². The monoisotopic (exact) mass is 366 g/mol. The van der Waals surface area contributed by atoms with E-state index >= 15 is 0 Å². The topological polar surface area (TPSA) is 29.3 Å². The molecule has 0 saturated heterocycles. The Morgan fingerprint density at radius 1 is 1.14 bits per heavy atom. The third-order valence-electron chi connectivity index (χ3n) is 3.91. The van der Waals surface area contributed by atoms with Crippen molar-refractivity contribution in [1.82, 2.24) is 4.90 Å². The predicted octanol–water partition coefficient (Wildman–Crippen LogP) is 4.80. The molecular weight excluding hydrogens is 348 g/mol. The lowest BCUT2D eigenvalue weighted by Crippen LogP contribution is -2.32. The molecule has 2 unspecified atom stereocenters. The molecule has 2 aromatic rings. The molecule has 0 aliphatic rings. The zero-order valence-electron chi connectivity index (χ0n) is 12.3. The predicted molar refractivity (Wildman–Crippen MR) is 93.6 cm³/mol. The van der Waals surface area contributed by atoms with Crippen molar-refractivity contribution in [2.24, 2.45) is 5.73 Å². The number of rotatable bonds is 5. The molecule has 2 N–H and O–H groups in total. The van der Waals surface area contributed by atoms with Gasteiger partial charge in [-0.1, -0.05) is 51.8 Å². The van der Waals surface area contributed by atoms with Gasteiger partial charge in [-0.25, -0.2) is 0 Å². The maximum absolute atomic E-state index is 6.02. The first kappa shape index (κ1) is 16.5. The van der Waals surface area contributed by atoms with Crippen LogP contribution in [0.4, 0.5) is 0 Å². The van der Waals surface area contributed by atoms with E-state index in [0.29, 0.717) is 6.54 Å². The van der Waals surface area contributed by atoms with Crippen LogP contribution in [0.15, 0.2) is 53.0 Å². The van der Waals surface area contributed by atoms with Crippen LogP contribution in [-0.2, 0) is 0 Å². The number of nitrogens with two attached hydrogens (primary N) is 1. The molecule has 0 radical (unpaired) electrons. The summed E-state index contributed by atoms with van der Waals surface area (Å²) >= 11 is 9.48. The second-order valence-electron chi connectivity index (χ2n) is 5.20. The molecule has 2 nitrogen and oxygen atoms in total. The summed E-state index contributed by atoms with van der Waals surface area (Å²) in [6.07, 6.45) is 0. The minimum Gasteiger partial charge on any atom is -0.329 e. The van der Waals surface area contributed by atoms with Gasteiger partial charge >= 0.3 is 0 Å². The highest BCUT2D eigenvalue weighted by atomic mass is 79.9. The smallest absolute Gasteiger partial charge is 0.0473 e. The summed E-state index contributed by atoms with van der Waals surface area (Å²) < 4.78 is 1.07.